The number of nitrogen functional groups attached to an aromatic ring is 1. The second-order valence-corrected chi connectivity index (χ2v) is 5.98. The highest BCUT2D eigenvalue weighted by Crippen LogP contribution is 2.23. The molecule has 0 atom stereocenters. The van der Waals surface area contributed by atoms with Gasteiger partial charge in [0, 0.05) is 15.8 Å². The average Bonchev–Trinajstić information content (AvgIpc) is 2.22. The van der Waals surface area contributed by atoms with Gasteiger partial charge in [-0.05, 0) is 41.1 Å². The van der Waals surface area contributed by atoms with Crippen LogP contribution in [0.15, 0.2) is 22.7 Å². The van der Waals surface area contributed by atoms with Gasteiger partial charge in [-0.25, -0.2) is 8.42 Å². The van der Waals surface area contributed by atoms with Crippen LogP contribution < -0.4 is 10.5 Å². The van der Waals surface area contributed by atoms with Crippen LogP contribution >= 0.6 is 15.9 Å². The van der Waals surface area contributed by atoms with Crippen LogP contribution in [0.2, 0.25) is 0 Å². The van der Waals surface area contributed by atoms with Crippen molar-refractivity contribution < 1.29 is 17.9 Å². The zero-order valence-electron chi connectivity index (χ0n) is 9.64. The van der Waals surface area contributed by atoms with E-state index in [1.807, 2.05) is 0 Å². The van der Waals surface area contributed by atoms with Gasteiger partial charge in [0.1, 0.15) is 0 Å². The van der Waals surface area contributed by atoms with Gasteiger partial charge in [-0.2, -0.15) is 0 Å². The summed E-state index contributed by atoms with van der Waals surface area (Å²) in [5.74, 6) is -1.51. The number of sulfonamides is 1. The van der Waals surface area contributed by atoms with Crippen molar-refractivity contribution in [3.8, 4) is 0 Å². The number of hydrogen-bond donors (Lipinski definition) is 2. The number of carbonyl (C=O) groups excluding carboxylic acids is 1. The highest BCUT2D eigenvalue weighted by Gasteiger charge is 2.17. The van der Waals surface area contributed by atoms with Gasteiger partial charge in [0.05, 0.1) is 6.61 Å². The number of hydrogen-bond acceptors (Lipinski definition) is 5. The van der Waals surface area contributed by atoms with Crippen LogP contribution in [-0.2, 0) is 19.6 Å². The molecule has 0 aliphatic heterocycles. The van der Waals surface area contributed by atoms with Crippen LogP contribution in [0.25, 0.3) is 0 Å². The first-order valence-corrected chi connectivity index (χ1v) is 7.49. The summed E-state index contributed by atoms with van der Waals surface area (Å²) in [7, 11) is -3.77. The van der Waals surface area contributed by atoms with E-state index in [4.69, 9.17) is 5.73 Å². The minimum Gasteiger partial charge on any atom is -0.465 e. The minimum atomic E-state index is -3.77. The molecule has 0 saturated heterocycles. The third kappa shape index (κ3) is 4.53. The number of carbonyl (C=O) groups is 1. The molecule has 100 valence electrons. The summed E-state index contributed by atoms with van der Waals surface area (Å²) in [4.78, 5) is 11.1. The molecule has 1 rings (SSSR count). The third-order valence-electron chi connectivity index (χ3n) is 1.89. The van der Waals surface area contributed by atoms with Gasteiger partial charge < -0.3 is 10.5 Å². The standard InChI is InChI=1S/C10H13BrN2O4S/c1-2-17-10(14)6-18(15,16)13-7-3-4-9(12)8(11)5-7/h3-5,13H,2,6,12H2,1H3. The molecular weight excluding hydrogens is 324 g/mol. The molecule has 0 spiro atoms. The van der Waals surface area contributed by atoms with E-state index in [0.29, 0.717) is 15.8 Å². The number of rotatable bonds is 5. The SMILES string of the molecule is CCOC(=O)CS(=O)(=O)Nc1ccc(N)c(Br)c1. The van der Waals surface area contributed by atoms with Crippen molar-refractivity contribution in [2.45, 2.75) is 6.92 Å². The van der Waals surface area contributed by atoms with E-state index in [-0.39, 0.29) is 6.61 Å². The largest absolute Gasteiger partial charge is 0.465 e. The van der Waals surface area contributed by atoms with E-state index >= 15 is 0 Å². The molecule has 0 heterocycles. The van der Waals surface area contributed by atoms with E-state index in [2.05, 4.69) is 25.4 Å². The van der Waals surface area contributed by atoms with Crippen LogP contribution in [0.5, 0.6) is 0 Å². The molecule has 0 radical (unpaired) electrons. The van der Waals surface area contributed by atoms with Crippen molar-refractivity contribution in [2.75, 3.05) is 22.8 Å². The monoisotopic (exact) mass is 336 g/mol. The molecule has 0 bridgehead atoms. The maximum absolute atomic E-state index is 11.6. The molecule has 1 aromatic carbocycles. The molecule has 0 unspecified atom stereocenters. The molecule has 3 N–H and O–H groups in total. The van der Waals surface area contributed by atoms with Crippen molar-refractivity contribution >= 4 is 43.3 Å². The lowest BCUT2D eigenvalue weighted by atomic mass is 10.3. The van der Waals surface area contributed by atoms with Crippen LogP contribution in [0.1, 0.15) is 6.92 Å². The average molecular weight is 337 g/mol. The number of nitrogens with one attached hydrogen (secondary N) is 1. The van der Waals surface area contributed by atoms with Gasteiger partial charge in [-0.1, -0.05) is 0 Å². The van der Waals surface area contributed by atoms with E-state index < -0.39 is 21.7 Å². The van der Waals surface area contributed by atoms with Crippen LogP contribution in [0.4, 0.5) is 11.4 Å². The Morgan fingerprint density at radius 3 is 2.72 bits per heavy atom. The smallest absolute Gasteiger partial charge is 0.323 e. The summed E-state index contributed by atoms with van der Waals surface area (Å²) >= 11 is 3.18. The number of benzene rings is 1. The number of ether oxygens (including phenoxy) is 1. The highest BCUT2D eigenvalue weighted by atomic mass is 79.9. The Balaban J connectivity index is 2.76. The zero-order chi connectivity index (χ0) is 13.8. The number of anilines is 2. The fraction of sp³-hybridized carbons (Fsp3) is 0.300. The van der Waals surface area contributed by atoms with Crippen molar-refractivity contribution in [3.63, 3.8) is 0 Å². The molecule has 8 heteroatoms. The van der Waals surface area contributed by atoms with Gasteiger partial charge in [-0.3, -0.25) is 9.52 Å². The summed E-state index contributed by atoms with van der Waals surface area (Å²) in [6, 6.07) is 4.56. The first kappa shape index (κ1) is 14.8. The Hall–Kier alpha value is -1.28. The Labute approximate surface area is 114 Å². The van der Waals surface area contributed by atoms with E-state index in [1.165, 1.54) is 12.1 Å². The Kier molecular flexibility index (Phi) is 4.97. The lowest BCUT2D eigenvalue weighted by Gasteiger charge is -2.08. The highest BCUT2D eigenvalue weighted by molar-refractivity contribution is 9.10. The fourth-order valence-corrected chi connectivity index (χ4v) is 2.49. The normalized spacial score (nSPS) is 11.0. The second kappa shape index (κ2) is 6.05. The van der Waals surface area contributed by atoms with Crippen LogP contribution in [0.3, 0.4) is 0 Å². The molecule has 6 nitrogen and oxygen atoms in total. The minimum absolute atomic E-state index is 0.141. The van der Waals surface area contributed by atoms with Crippen LogP contribution in [0, 0.1) is 0 Å². The predicted molar refractivity (Wildman–Crippen MR) is 72.6 cm³/mol. The lowest BCUT2D eigenvalue weighted by Crippen LogP contribution is -2.24. The summed E-state index contributed by atoms with van der Waals surface area (Å²) in [5, 5.41) is 0. The van der Waals surface area contributed by atoms with Gasteiger partial charge >= 0.3 is 5.97 Å². The van der Waals surface area contributed by atoms with E-state index in [9.17, 15) is 13.2 Å². The number of esters is 1. The molecule has 18 heavy (non-hydrogen) atoms. The zero-order valence-corrected chi connectivity index (χ0v) is 12.0. The fourth-order valence-electron chi connectivity index (χ4n) is 1.16. The topological polar surface area (TPSA) is 98.5 Å². The van der Waals surface area contributed by atoms with Gasteiger partial charge in [0.15, 0.2) is 5.75 Å². The molecular formula is C10H13BrN2O4S. The maximum Gasteiger partial charge on any atom is 0.323 e. The third-order valence-corrected chi connectivity index (χ3v) is 3.74. The molecule has 0 aliphatic carbocycles. The Morgan fingerprint density at radius 1 is 1.50 bits per heavy atom. The van der Waals surface area contributed by atoms with Gasteiger partial charge in [-0.15, -0.1) is 0 Å². The van der Waals surface area contributed by atoms with Crippen molar-refractivity contribution in [3.05, 3.63) is 22.7 Å². The summed E-state index contributed by atoms with van der Waals surface area (Å²) in [6.07, 6.45) is 0. The van der Waals surface area contributed by atoms with Crippen molar-refractivity contribution in [1.29, 1.82) is 0 Å². The van der Waals surface area contributed by atoms with Gasteiger partial charge in [0.2, 0.25) is 10.0 Å². The molecule has 0 amide bonds. The van der Waals surface area contributed by atoms with Crippen LogP contribution in [-0.4, -0.2) is 26.7 Å². The predicted octanol–water partition coefficient (Wildman–Crippen LogP) is 1.34. The molecule has 0 aromatic heterocycles. The number of halogens is 1. The molecule has 0 fully saturated rings. The first-order chi connectivity index (χ1) is 8.34. The summed E-state index contributed by atoms with van der Waals surface area (Å²) in [6.45, 7) is 1.75. The Bertz CT molecular complexity index is 545. The molecule has 0 saturated carbocycles. The molecule has 0 aliphatic rings. The van der Waals surface area contributed by atoms with E-state index in [0.717, 1.165) is 0 Å². The summed E-state index contributed by atoms with van der Waals surface area (Å²) < 4.78 is 30.6. The quantitative estimate of drug-likeness (QED) is 0.624. The number of nitrogens with two attached hydrogens (primary N) is 1. The first-order valence-electron chi connectivity index (χ1n) is 5.05. The maximum atomic E-state index is 11.6. The van der Waals surface area contributed by atoms with Crippen molar-refractivity contribution in [1.82, 2.24) is 0 Å². The van der Waals surface area contributed by atoms with Gasteiger partial charge in [0.25, 0.3) is 0 Å². The van der Waals surface area contributed by atoms with Crippen molar-refractivity contribution in [2.24, 2.45) is 0 Å². The lowest BCUT2D eigenvalue weighted by molar-refractivity contribution is -0.139. The second-order valence-electron chi connectivity index (χ2n) is 3.40. The Morgan fingerprint density at radius 2 is 2.17 bits per heavy atom. The molecule has 1 aromatic rings. The summed E-state index contributed by atoms with van der Waals surface area (Å²) in [5.41, 5.74) is 6.38. The van der Waals surface area contributed by atoms with E-state index in [1.54, 1.807) is 13.0 Å².